The van der Waals surface area contributed by atoms with Gasteiger partial charge in [-0.2, -0.15) is 10.5 Å². The minimum Gasteiger partial charge on any atom is -0.340 e. The van der Waals surface area contributed by atoms with Gasteiger partial charge in [-0.15, -0.1) is 0 Å². The van der Waals surface area contributed by atoms with Crippen molar-refractivity contribution in [3.05, 3.63) is 70.8 Å². The fourth-order valence-corrected chi connectivity index (χ4v) is 4.48. The lowest BCUT2D eigenvalue weighted by atomic mass is 9.58. The maximum absolute atomic E-state index is 13.4. The molecule has 7 heteroatoms. The van der Waals surface area contributed by atoms with Crippen molar-refractivity contribution in [3.63, 3.8) is 0 Å². The molecule has 2 aliphatic heterocycles. The highest BCUT2D eigenvalue weighted by molar-refractivity contribution is 6.02. The van der Waals surface area contributed by atoms with E-state index in [-0.39, 0.29) is 5.91 Å². The number of ether oxygens (including phenoxy) is 1. The quantitative estimate of drug-likeness (QED) is 0.790. The largest absolute Gasteiger partial charge is 0.340 e. The first-order chi connectivity index (χ1) is 13.8. The molecule has 0 aliphatic carbocycles. The summed E-state index contributed by atoms with van der Waals surface area (Å²) >= 11 is 0. The van der Waals surface area contributed by atoms with Crippen LogP contribution in [0.5, 0.6) is 0 Å². The lowest BCUT2D eigenvalue weighted by Gasteiger charge is -2.65. The fourth-order valence-electron chi connectivity index (χ4n) is 4.48. The van der Waals surface area contributed by atoms with Crippen molar-refractivity contribution in [2.24, 2.45) is 5.41 Å². The molecule has 144 valence electrons. The van der Waals surface area contributed by atoms with Crippen molar-refractivity contribution < 1.29 is 14.3 Å². The van der Waals surface area contributed by atoms with E-state index in [4.69, 9.17) is 15.3 Å². The highest BCUT2D eigenvalue weighted by atomic mass is 16.6. The van der Waals surface area contributed by atoms with Gasteiger partial charge in [0.05, 0.1) is 23.3 Å². The highest BCUT2D eigenvalue weighted by Crippen LogP contribution is 2.62. The van der Waals surface area contributed by atoms with Crippen LogP contribution in [-0.2, 0) is 15.1 Å². The Morgan fingerprint density at radius 1 is 0.897 bits per heavy atom. The number of benzene rings is 2. The average molecular weight is 386 g/mol. The molecule has 3 amide bonds. The van der Waals surface area contributed by atoms with Crippen LogP contribution in [0.1, 0.15) is 29.2 Å². The first kappa shape index (κ1) is 18.7. The molecule has 0 aromatic heterocycles. The van der Waals surface area contributed by atoms with Gasteiger partial charge in [-0.25, -0.2) is 4.79 Å². The number of rotatable bonds is 2. The number of fused-ring (bicyclic) bond motifs is 1. The third-order valence-electron chi connectivity index (χ3n) is 6.04. The molecule has 2 aromatic carbocycles. The van der Waals surface area contributed by atoms with Gasteiger partial charge in [0, 0.05) is 14.1 Å². The van der Waals surface area contributed by atoms with Crippen LogP contribution in [0.25, 0.3) is 0 Å². The molecule has 2 aromatic rings. The van der Waals surface area contributed by atoms with Crippen molar-refractivity contribution in [2.45, 2.75) is 18.8 Å². The zero-order valence-electron chi connectivity index (χ0n) is 16.2. The molecule has 0 unspecified atom stereocenters. The van der Waals surface area contributed by atoms with Crippen molar-refractivity contribution in [2.75, 3.05) is 14.1 Å². The fraction of sp³-hybridized carbons (Fsp3) is 0.273. The SMILES string of the molecule is CN1C(=O)N(C)[C@H]2OC(c3ccc(C#N)cc3)(c3ccc(C#N)cc3)[C@@]2(C)C1=O. The van der Waals surface area contributed by atoms with Gasteiger partial charge < -0.3 is 9.64 Å². The minimum atomic E-state index is -1.17. The van der Waals surface area contributed by atoms with Crippen LogP contribution < -0.4 is 0 Å². The van der Waals surface area contributed by atoms with E-state index in [2.05, 4.69) is 12.1 Å². The standard InChI is InChI=1S/C22H18N4O3/c1-21-18(27)25(2)20(28)26(3)19(21)29-22(21,16-8-4-14(12-23)5-9-16)17-10-6-15(13-24)7-11-17/h4-11,19H,1-3H3/t19-,21-/m0/s1. The van der Waals surface area contributed by atoms with Crippen molar-refractivity contribution in [3.8, 4) is 12.1 Å². The van der Waals surface area contributed by atoms with Gasteiger partial charge in [0.2, 0.25) is 5.91 Å². The number of amides is 3. The molecule has 0 saturated carbocycles. The number of carbonyl (C=O) groups excluding carboxylic acids is 2. The second-order valence-electron chi connectivity index (χ2n) is 7.49. The molecule has 0 N–H and O–H groups in total. The molecule has 0 radical (unpaired) electrons. The predicted octanol–water partition coefficient (Wildman–Crippen LogP) is 2.56. The van der Waals surface area contributed by atoms with Crippen LogP contribution in [0.3, 0.4) is 0 Å². The molecule has 7 nitrogen and oxygen atoms in total. The Morgan fingerprint density at radius 3 is 1.76 bits per heavy atom. The Balaban J connectivity index is 1.95. The third kappa shape index (κ3) is 2.19. The number of carbonyl (C=O) groups is 2. The van der Waals surface area contributed by atoms with Crippen LogP contribution in [-0.4, -0.2) is 42.1 Å². The van der Waals surface area contributed by atoms with Crippen molar-refractivity contribution in [1.82, 2.24) is 9.80 Å². The number of hydrogen-bond donors (Lipinski definition) is 0. The van der Waals surface area contributed by atoms with Crippen LogP contribution >= 0.6 is 0 Å². The summed E-state index contributed by atoms with van der Waals surface area (Å²) in [6, 6.07) is 17.5. The Kier molecular flexibility index (Phi) is 3.97. The molecule has 2 fully saturated rings. The van der Waals surface area contributed by atoms with Gasteiger partial charge in [0.1, 0.15) is 11.0 Å². The maximum atomic E-state index is 13.4. The zero-order chi connectivity index (χ0) is 21.0. The average Bonchev–Trinajstić information content (AvgIpc) is 2.76. The lowest BCUT2D eigenvalue weighted by molar-refractivity contribution is -0.332. The third-order valence-corrected chi connectivity index (χ3v) is 6.04. The van der Waals surface area contributed by atoms with Crippen LogP contribution in [0, 0.1) is 28.1 Å². The summed E-state index contributed by atoms with van der Waals surface area (Å²) in [7, 11) is 3.07. The number of nitrogens with zero attached hydrogens (tertiary/aromatic N) is 4. The molecule has 2 atom stereocenters. The molecule has 4 rings (SSSR count). The smallest absolute Gasteiger partial charge is 0.328 e. The number of urea groups is 1. The minimum absolute atomic E-state index is 0.342. The first-order valence-corrected chi connectivity index (χ1v) is 9.05. The summed E-state index contributed by atoms with van der Waals surface area (Å²) in [5.74, 6) is -0.342. The Morgan fingerprint density at radius 2 is 1.34 bits per heavy atom. The van der Waals surface area contributed by atoms with Crippen LogP contribution in [0.15, 0.2) is 48.5 Å². The van der Waals surface area contributed by atoms with E-state index in [0.717, 1.165) is 4.90 Å². The van der Waals surface area contributed by atoms with Gasteiger partial charge in [0.25, 0.3) is 0 Å². The topological polar surface area (TPSA) is 97.4 Å². The number of nitriles is 2. The predicted molar refractivity (Wildman–Crippen MR) is 102 cm³/mol. The van der Waals surface area contributed by atoms with Crippen molar-refractivity contribution in [1.29, 1.82) is 10.5 Å². The van der Waals surface area contributed by atoms with E-state index >= 15 is 0 Å². The first-order valence-electron chi connectivity index (χ1n) is 9.05. The van der Waals surface area contributed by atoms with Gasteiger partial charge in [0.15, 0.2) is 6.23 Å². The monoisotopic (exact) mass is 386 g/mol. The zero-order valence-corrected chi connectivity index (χ0v) is 16.2. The summed E-state index contributed by atoms with van der Waals surface area (Å²) in [5, 5.41) is 18.3. The van der Waals surface area contributed by atoms with E-state index in [1.54, 1.807) is 62.5 Å². The highest BCUT2D eigenvalue weighted by Gasteiger charge is 2.75. The summed E-state index contributed by atoms with van der Waals surface area (Å²) in [6.45, 7) is 1.79. The molecule has 2 heterocycles. The summed E-state index contributed by atoms with van der Waals surface area (Å²) in [5.41, 5.74) is 0.120. The summed E-state index contributed by atoms with van der Waals surface area (Å²) < 4.78 is 6.35. The molecular formula is C22H18N4O3. The molecule has 2 aliphatic rings. The van der Waals surface area contributed by atoms with E-state index in [9.17, 15) is 9.59 Å². The van der Waals surface area contributed by atoms with E-state index < -0.39 is 23.3 Å². The van der Waals surface area contributed by atoms with Crippen LogP contribution in [0.4, 0.5) is 4.79 Å². The van der Waals surface area contributed by atoms with Gasteiger partial charge in [-0.3, -0.25) is 9.69 Å². The Labute approximate surface area is 168 Å². The lowest BCUT2D eigenvalue weighted by Crippen LogP contribution is -2.80. The van der Waals surface area contributed by atoms with Gasteiger partial charge in [-0.05, 0) is 42.3 Å². The molecule has 29 heavy (non-hydrogen) atoms. The molecule has 0 bridgehead atoms. The van der Waals surface area contributed by atoms with E-state index in [0.29, 0.717) is 22.3 Å². The Bertz CT molecular complexity index is 1040. The van der Waals surface area contributed by atoms with Crippen LogP contribution in [0.2, 0.25) is 0 Å². The summed E-state index contributed by atoms with van der Waals surface area (Å²) in [6.07, 6.45) is -0.731. The van der Waals surface area contributed by atoms with Crippen molar-refractivity contribution >= 4 is 11.9 Å². The Hall–Kier alpha value is -3.68. The van der Waals surface area contributed by atoms with Gasteiger partial charge in [-0.1, -0.05) is 24.3 Å². The van der Waals surface area contributed by atoms with E-state index in [1.165, 1.54) is 11.9 Å². The second kappa shape index (κ2) is 6.16. The van der Waals surface area contributed by atoms with E-state index in [1.807, 2.05) is 0 Å². The molecular weight excluding hydrogens is 368 g/mol. The second-order valence-corrected chi connectivity index (χ2v) is 7.49. The number of hydrogen-bond acceptors (Lipinski definition) is 5. The molecule has 2 saturated heterocycles. The number of imide groups is 1. The normalized spacial score (nSPS) is 24.9. The van der Waals surface area contributed by atoms with Gasteiger partial charge >= 0.3 is 6.03 Å². The summed E-state index contributed by atoms with van der Waals surface area (Å²) in [4.78, 5) is 28.3. The molecule has 0 spiro atoms. The maximum Gasteiger partial charge on any atom is 0.328 e.